The van der Waals surface area contributed by atoms with Gasteiger partial charge in [-0.15, -0.1) is 0 Å². The van der Waals surface area contributed by atoms with Crippen LogP contribution in [0.1, 0.15) is 193 Å². The van der Waals surface area contributed by atoms with E-state index in [-0.39, 0.29) is 133 Å². The fourth-order valence-corrected chi connectivity index (χ4v) is 3.49. The van der Waals surface area contributed by atoms with Gasteiger partial charge >= 0.3 is 5.97 Å². The minimum Gasteiger partial charge on any atom is -0.481 e. The van der Waals surface area contributed by atoms with Gasteiger partial charge in [-0.25, -0.2) is 0 Å². The highest BCUT2D eigenvalue weighted by atomic mass is 32.1. The number of carbonyl (C=O) groups is 5. The van der Waals surface area contributed by atoms with Crippen molar-refractivity contribution in [1.29, 1.82) is 15.8 Å². The lowest BCUT2D eigenvalue weighted by molar-refractivity contribution is -0.137. The molecule has 0 amide bonds. The summed E-state index contributed by atoms with van der Waals surface area (Å²) in [5, 5.41) is 34.2. The van der Waals surface area contributed by atoms with Crippen molar-refractivity contribution in [3.05, 3.63) is 0 Å². The molecule has 0 aliphatic heterocycles. The maximum atomic E-state index is 11.5. The first-order valence-electron chi connectivity index (χ1n) is 18.5. The second-order valence-electron chi connectivity index (χ2n) is 14.8. The Morgan fingerprint density at radius 1 is 0.484 bits per heavy atom. The fourth-order valence-electron chi connectivity index (χ4n) is 3.49. The molecule has 2 atom stereocenters. The van der Waals surface area contributed by atoms with Crippen molar-refractivity contribution < 1.29 is 48.0 Å². The van der Waals surface area contributed by atoms with Gasteiger partial charge in [0.2, 0.25) is 0 Å². The van der Waals surface area contributed by atoms with Gasteiger partial charge in [-0.1, -0.05) is 87.1 Å². The lowest BCUT2D eigenvalue weighted by atomic mass is 9.87. The van der Waals surface area contributed by atoms with E-state index in [1.54, 1.807) is 42.3 Å². The third-order valence-electron chi connectivity index (χ3n) is 7.74. The molecule has 0 aromatic carbocycles. The fraction of sp³-hybridized carbons (Fsp3) is 0.837. The molecule has 2 unspecified atom stereocenters. The van der Waals surface area contributed by atoms with Gasteiger partial charge in [-0.05, 0) is 60.8 Å². The summed E-state index contributed by atoms with van der Waals surface area (Å²) in [4.78, 5) is 54.0. The van der Waals surface area contributed by atoms with Gasteiger partial charge in [0.15, 0.2) is 0 Å². The smallest absolute Gasteiger partial charge is 0.303 e. The van der Waals surface area contributed by atoms with Crippen LogP contribution in [0.3, 0.4) is 0 Å². The molecule has 1 N–H and O–H groups in total. The molecule has 0 spiro atoms. The number of ketones is 4. The molecule has 0 heterocycles. The molecule has 13 nitrogen and oxygen atoms in total. The molecule has 0 aliphatic carbocycles. The van der Waals surface area contributed by atoms with Gasteiger partial charge in [0, 0.05) is 85.2 Å². The average molecular weight is 965 g/mol. The van der Waals surface area contributed by atoms with Crippen molar-refractivity contribution in [3.63, 3.8) is 0 Å². The first-order chi connectivity index (χ1) is 24.9. The molecule has 0 fully saturated rings. The topological polar surface area (TPSA) is 214 Å². The monoisotopic (exact) mass is 964 g/mol. The van der Waals surface area contributed by atoms with Crippen LogP contribution in [-0.4, -0.2) is 89.1 Å². The number of hydrogen-bond acceptors (Lipinski definition) is 12. The predicted molar refractivity (Wildman–Crippen MR) is 284 cm³/mol. The number of methoxy groups -OCH3 is 4. The number of Topliss-reactive ketones (excluding diaryl/α,β-unsaturated/α-hetero) is 4. The second-order valence-corrected chi connectivity index (χ2v) is 14.8. The Labute approximate surface area is 412 Å². The van der Waals surface area contributed by atoms with Crippen molar-refractivity contribution in [2.75, 3.05) is 54.9 Å². The van der Waals surface area contributed by atoms with Crippen LogP contribution in [0.25, 0.3) is 0 Å². The Morgan fingerprint density at radius 2 is 0.781 bits per heavy atom. The molecule has 0 saturated heterocycles. The number of ether oxygens (including phenoxy) is 4. The summed E-state index contributed by atoms with van der Waals surface area (Å²) < 4.78 is 19.2. The van der Waals surface area contributed by atoms with E-state index in [1.807, 2.05) is 61.5 Å². The van der Waals surface area contributed by atoms with Crippen molar-refractivity contribution >= 4 is 56.1 Å². The Kier molecular flexibility index (Phi) is 105. The predicted octanol–water partition coefficient (Wildman–Crippen LogP) is 13.1. The average Bonchev–Trinajstić information content (AvgIpc) is 3.14. The summed E-state index contributed by atoms with van der Waals surface area (Å²) in [7, 11) is 6.37. The van der Waals surface area contributed by atoms with E-state index in [9.17, 15) is 24.0 Å². The van der Waals surface area contributed by atoms with E-state index in [0.29, 0.717) is 84.2 Å². The number of carboxylic acids is 1. The highest BCUT2D eigenvalue weighted by molar-refractivity contribution is 7.59. The molecule has 0 bridgehead atoms. The van der Waals surface area contributed by atoms with Crippen LogP contribution in [0.4, 0.5) is 0 Å². The number of hydrogen-bond donors (Lipinski definition) is 1. The summed E-state index contributed by atoms with van der Waals surface area (Å²) in [5.74, 6) is 0.0573. The highest BCUT2D eigenvalue weighted by Gasteiger charge is 2.21. The number of rotatable bonds is 23. The molecule has 64 heavy (non-hydrogen) atoms. The first-order valence-corrected chi connectivity index (χ1v) is 18.5. The molecule has 0 aromatic rings. The van der Waals surface area contributed by atoms with Gasteiger partial charge in [0.1, 0.15) is 23.1 Å². The van der Waals surface area contributed by atoms with Gasteiger partial charge in [-0.3, -0.25) is 24.0 Å². The third kappa shape index (κ3) is 79.5. The van der Waals surface area contributed by atoms with Gasteiger partial charge in [0.05, 0.1) is 60.9 Å². The largest absolute Gasteiger partial charge is 0.481 e. The van der Waals surface area contributed by atoms with E-state index in [2.05, 4.69) is 12.1 Å². The Morgan fingerprint density at radius 3 is 1.05 bits per heavy atom. The van der Waals surface area contributed by atoms with Gasteiger partial charge < -0.3 is 24.1 Å². The number of carbonyl (C=O) groups excluding carboxylic acids is 4. The van der Waals surface area contributed by atoms with E-state index >= 15 is 0 Å². The molecular formula is C49H109N3O10S2. The number of nitriles is 3. The van der Waals surface area contributed by atoms with Crippen LogP contribution in [0.15, 0.2) is 0 Å². The minimum atomic E-state index is -0.844. The van der Waals surface area contributed by atoms with Crippen LogP contribution >= 0.6 is 27.0 Å². The van der Waals surface area contributed by atoms with Crippen LogP contribution in [0.2, 0.25) is 0 Å². The quantitative estimate of drug-likeness (QED) is 0.101. The summed E-state index contributed by atoms with van der Waals surface area (Å²) >= 11 is 0. The lowest BCUT2D eigenvalue weighted by Crippen LogP contribution is -2.19. The molecule has 0 rings (SSSR count). The molecule has 15 heteroatoms. The second kappa shape index (κ2) is 64.4. The summed E-state index contributed by atoms with van der Waals surface area (Å²) in [6, 6.07) is 6.39. The van der Waals surface area contributed by atoms with Crippen LogP contribution in [0, 0.1) is 62.1 Å². The van der Waals surface area contributed by atoms with Crippen LogP contribution in [0.5, 0.6) is 0 Å². The molecule has 0 aromatic heterocycles. The number of aliphatic carboxylic acids is 1. The highest BCUT2D eigenvalue weighted by Crippen LogP contribution is 2.22. The normalized spacial score (nSPS) is 9.80. The molecule has 392 valence electrons. The van der Waals surface area contributed by atoms with E-state index in [4.69, 9.17) is 39.8 Å². The first kappa shape index (κ1) is 104. The van der Waals surface area contributed by atoms with Crippen LogP contribution < -0.4 is 0 Å². The maximum absolute atomic E-state index is 11.5. The summed E-state index contributed by atoms with van der Waals surface area (Å²) in [6.07, 6.45) is 4.94. The Hall–Kier alpha value is -2.84. The minimum absolute atomic E-state index is 0. The lowest BCUT2D eigenvalue weighted by Gasteiger charge is -2.15. The van der Waals surface area contributed by atoms with E-state index in [0.717, 1.165) is 0 Å². The summed E-state index contributed by atoms with van der Waals surface area (Å²) in [6.45, 7) is 20.4. The molecule has 0 saturated carbocycles. The zero-order valence-electron chi connectivity index (χ0n) is 37.0. The Bertz CT molecular complexity index is 1180. The Balaban J connectivity index is -0.0000000351. The van der Waals surface area contributed by atoms with Gasteiger partial charge in [0.25, 0.3) is 0 Å². The molecular weight excluding hydrogens is 855 g/mol. The van der Waals surface area contributed by atoms with Crippen molar-refractivity contribution in [1.82, 2.24) is 0 Å². The van der Waals surface area contributed by atoms with Crippen molar-refractivity contribution in [3.8, 4) is 18.2 Å². The zero-order valence-corrected chi connectivity index (χ0v) is 39.0. The maximum Gasteiger partial charge on any atom is 0.303 e. The molecule has 0 aliphatic rings. The van der Waals surface area contributed by atoms with Crippen molar-refractivity contribution in [2.45, 2.75) is 193 Å². The third-order valence-corrected chi connectivity index (χ3v) is 7.74. The zero-order chi connectivity index (χ0) is 43.4. The number of nitrogens with zero attached hydrogens (tertiary/aromatic N) is 3. The number of carboxylic acid groups (broad SMARTS) is 1. The van der Waals surface area contributed by atoms with E-state index < -0.39 is 16.8 Å². The standard InChI is InChI=1S/C11H19NO2.C10H17NO2.C7H11NO2.C7H14O2.C6H12O2.8CH4.2H2S/c1-9(7-14-4)10(13)5-6-11(2,3)8-12;1-10(2,8-11)6-4-9(12)5-7-13-3;1-7(2,5-8)4-3-6(9)10;1-4-7(8)6(2)5-9-3;1-3-6(7)4-5-8-2;;;;;;;;;;/h9H,5-7H2,1-4H3;4-7H2,1-3H3;3-4H2,1-2H3,(H,9,10);6H,4-5H2,1-3H3;3-5H2,1-2H3;8*1H4;2*1H2. The molecule has 0 radical (unpaired) electrons. The van der Waals surface area contributed by atoms with E-state index in [1.165, 1.54) is 0 Å². The van der Waals surface area contributed by atoms with Crippen molar-refractivity contribution in [2.24, 2.45) is 28.1 Å². The van der Waals surface area contributed by atoms with Crippen LogP contribution in [-0.2, 0) is 42.9 Å². The summed E-state index contributed by atoms with van der Waals surface area (Å²) in [5.41, 5.74) is -1.29. The SMILES string of the molecule is C.C.C.C.C.C.C.C.CC(C)(C#N)CCC(=O)O.CCC(=O)C(C)COC.CCC(=O)CCOC.COCC(C)C(=O)CCC(C)(C)C#N.COCCC(=O)CCC(C)(C)C#N.S.S. The van der Waals surface area contributed by atoms with Gasteiger partial charge in [-0.2, -0.15) is 42.8 Å².